The normalized spacial score (nSPS) is 13.3. The van der Waals surface area contributed by atoms with E-state index in [1.807, 2.05) is 90.7 Å². The predicted molar refractivity (Wildman–Crippen MR) is 179 cm³/mol. The summed E-state index contributed by atoms with van der Waals surface area (Å²) in [6.45, 7) is 3.45. The first-order valence-electron chi connectivity index (χ1n) is 15.0. The number of likely N-dealkylation sites (tertiary alicyclic amines) is 1. The second-order valence-corrected chi connectivity index (χ2v) is 11.1. The Balaban J connectivity index is 1.13. The first-order valence-corrected chi connectivity index (χ1v) is 15.4. The number of nitrogens with one attached hydrogen (secondary N) is 1. The van der Waals surface area contributed by atoms with Crippen LogP contribution in [0.25, 0.3) is 33.5 Å². The van der Waals surface area contributed by atoms with Crippen LogP contribution in [0.3, 0.4) is 0 Å². The number of fused-ring (bicyclic) bond motifs is 1. The number of rotatable bonds is 7. The van der Waals surface area contributed by atoms with Crippen molar-refractivity contribution in [1.82, 2.24) is 14.9 Å². The minimum Gasteiger partial charge on any atom is -0.466 e. The van der Waals surface area contributed by atoms with Crippen molar-refractivity contribution in [3.63, 3.8) is 0 Å². The van der Waals surface area contributed by atoms with Gasteiger partial charge in [0.1, 0.15) is 5.75 Å². The van der Waals surface area contributed by atoms with Crippen molar-refractivity contribution in [3.05, 3.63) is 109 Å². The van der Waals surface area contributed by atoms with Crippen molar-refractivity contribution in [3.8, 4) is 28.3 Å². The van der Waals surface area contributed by atoms with E-state index in [2.05, 4.69) is 5.32 Å². The average Bonchev–Trinajstić information content (AvgIpc) is 3.09. The molecule has 0 aliphatic carbocycles. The van der Waals surface area contributed by atoms with Crippen LogP contribution in [0.5, 0.6) is 5.75 Å². The molecule has 45 heavy (non-hydrogen) atoms. The summed E-state index contributed by atoms with van der Waals surface area (Å²) in [5, 5.41) is 3.32. The van der Waals surface area contributed by atoms with Gasteiger partial charge in [-0.3, -0.25) is 9.59 Å². The molecule has 5 aromatic rings. The van der Waals surface area contributed by atoms with Crippen molar-refractivity contribution >= 4 is 46.0 Å². The highest BCUT2D eigenvalue weighted by Gasteiger charge is 2.27. The molecule has 1 aliphatic rings. The number of hydrogen-bond donors (Lipinski definition) is 1. The van der Waals surface area contributed by atoms with E-state index in [0.29, 0.717) is 60.2 Å². The number of benzene rings is 4. The largest absolute Gasteiger partial charge is 0.466 e. The minimum atomic E-state index is -0.262. The molecular formula is C36H32N4O4S. The van der Waals surface area contributed by atoms with Crippen molar-refractivity contribution in [2.75, 3.05) is 25.0 Å². The number of ether oxygens (including phenoxy) is 2. The molecule has 0 radical (unpaired) electrons. The van der Waals surface area contributed by atoms with Crippen LogP contribution in [0.15, 0.2) is 103 Å². The Kier molecular flexibility index (Phi) is 9.07. The van der Waals surface area contributed by atoms with Gasteiger partial charge in [-0.2, -0.15) is 0 Å². The number of hydrogen-bond acceptors (Lipinski definition) is 7. The number of nitrogens with zero attached hydrogens (tertiary/aromatic N) is 3. The van der Waals surface area contributed by atoms with Gasteiger partial charge >= 0.3 is 5.97 Å². The van der Waals surface area contributed by atoms with Crippen LogP contribution in [-0.2, 0) is 9.53 Å². The zero-order valence-corrected chi connectivity index (χ0v) is 25.6. The fraction of sp³-hybridized carbons (Fsp3) is 0.194. The van der Waals surface area contributed by atoms with E-state index in [-0.39, 0.29) is 17.8 Å². The molecule has 0 atom stereocenters. The molecule has 4 aromatic carbocycles. The van der Waals surface area contributed by atoms with Gasteiger partial charge in [-0.05, 0) is 74.4 Å². The molecule has 1 aromatic heterocycles. The van der Waals surface area contributed by atoms with Crippen LogP contribution in [0, 0.1) is 5.92 Å². The minimum absolute atomic E-state index is 0.103. The molecule has 0 bridgehead atoms. The van der Waals surface area contributed by atoms with Gasteiger partial charge in [0, 0.05) is 35.5 Å². The fourth-order valence-corrected chi connectivity index (χ4v) is 5.61. The molecular weight excluding hydrogens is 584 g/mol. The topological polar surface area (TPSA) is 93.6 Å². The molecule has 0 spiro atoms. The Morgan fingerprint density at radius 1 is 0.822 bits per heavy atom. The molecule has 226 valence electrons. The second kappa shape index (κ2) is 13.7. The summed E-state index contributed by atoms with van der Waals surface area (Å²) in [7, 11) is 0. The SMILES string of the molecule is CCOC(=O)C1CCN(C(=S)Oc2ccc(C(=O)Nc3ccc4nc(-c5ccccc5)c(-c5ccccc5)nc4c3)cc2)CC1. The maximum absolute atomic E-state index is 13.1. The molecule has 1 aliphatic heterocycles. The van der Waals surface area contributed by atoms with Gasteiger partial charge in [0.15, 0.2) is 0 Å². The summed E-state index contributed by atoms with van der Waals surface area (Å²) in [6.07, 6.45) is 1.34. The van der Waals surface area contributed by atoms with Gasteiger partial charge in [-0.25, -0.2) is 9.97 Å². The van der Waals surface area contributed by atoms with Crippen LogP contribution in [0.4, 0.5) is 5.69 Å². The zero-order valence-electron chi connectivity index (χ0n) is 24.8. The molecule has 6 rings (SSSR count). The molecule has 1 amide bonds. The Hall–Kier alpha value is -5.15. The lowest BCUT2D eigenvalue weighted by molar-refractivity contribution is -0.149. The summed E-state index contributed by atoms with van der Waals surface area (Å²) in [5.74, 6) is 0.0205. The van der Waals surface area contributed by atoms with Gasteiger partial charge in [0.2, 0.25) is 0 Å². The van der Waals surface area contributed by atoms with Crippen molar-refractivity contribution in [2.45, 2.75) is 19.8 Å². The number of carbonyl (C=O) groups excluding carboxylic acids is 2. The van der Waals surface area contributed by atoms with Gasteiger partial charge in [-0.1, -0.05) is 60.7 Å². The predicted octanol–water partition coefficient (Wildman–Crippen LogP) is 7.15. The average molecular weight is 617 g/mol. The van der Waals surface area contributed by atoms with Crippen LogP contribution in [0.1, 0.15) is 30.1 Å². The van der Waals surface area contributed by atoms with E-state index in [9.17, 15) is 9.59 Å². The summed E-state index contributed by atoms with van der Waals surface area (Å²) in [4.78, 5) is 37.0. The second-order valence-electron chi connectivity index (χ2n) is 10.7. The lowest BCUT2D eigenvalue weighted by Crippen LogP contribution is -2.41. The molecule has 2 heterocycles. The van der Waals surface area contributed by atoms with Gasteiger partial charge in [-0.15, -0.1) is 0 Å². The zero-order chi connectivity index (χ0) is 31.2. The fourth-order valence-electron chi connectivity index (χ4n) is 5.33. The third-order valence-corrected chi connectivity index (χ3v) is 8.05. The highest BCUT2D eigenvalue weighted by atomic mass is 32.1. The van der Waals surface area contributed by atoms with Crippen LogP contribution in [-0.4, -0.2) is 51.6 Å². The monoisotopic (exact) mass is 616 g/mol. The number of amides is 1. The van der Waals surface area contributed by atoms with E-state index in [4.69, 9.17) is 31.7 Å². The highest BCUT2D eigenvalue weighted by Crippen LogP contribution is 2.31. The third-order valence-electron chi connectivity index (χ3n) is 7.71. The van der Waals surface area contributed by atoms with Crippen LogP contribution >= 0.6 is 12.2 Å². The molecule has 0 unspecified atom stereocenters. The first-order chi connectivity index (χ1) is 22.0. The maximum atomic E-state index is 13.1. The van der Waals surface area contributed by atoms with Gasteiger partial charge in [0.25, 0.3) is 11.1 Å². The summed E-state index contributed by atoms with van der Waals surface area (Å²) in [5.41, 5.74) is 6.01. The molecule has 1 N–H and O–H groups in total. The first kappa shape index (κ1) is 29.9. The number of esters is 1. The molecule has 9 heteroatoms. The number of aromatic nitrogens is 2. The van der Waals surface area contributed by atoms with Crippen LogP contribution in [0.2, 0.25) is 0 Å². The lowest BCUT2D eigenvalue weighted by Gasteiger charge is -2.31. The summed E-state index contributed by atoms with van der Waals surface area (Å²) < 4.78 is 11.0. The Morgan fingerprint density at radius 3 is 2.02 bits per heavy atom. The Bertz CT molecular complexity index is 1820. The van der Waals surface area contributed by atoms with E-state index in [1.54, 1.807) is 24.3 Å². The maximum Gasteiger partial charge on any atom is 0.309 e. The molecule has 8 nitrogen and oxygen atoms in total. The number of piperidine rings is 1. The summed E-state index contributed by atoms with van der Waals surface area (Å²) in [6, 6.07) is 32.3. The van der Waals surface area contributed by atoms with Gasteiger partial charge < -0.3 is 19.7 Å². The highest BCUT2D eigenvalue weighted by molar-refractivity contribution is 7.80. The smallest absolute Gasteiger partial charge is 0.309 e. The van der Waals surface area contributed by atoms with Crippen molar-refractivity contribution in [2.24, 2.45) is 5.92 Å². The summed E-state index contributed by atoms with van der Waals surface area (Å²) >= 11 is 5.49. The molecule has 0 saturated carbocycles. The van der Waals surface area contributed by atoms with Crippen molar-refractivity contribution < 1.29 is 19.1 Å². The quantitative estimate of drug-likeness (QED) is 0.152. The molecule has 1 fully saturated rings. The van der Waals surface area contributed by atoms with E-state index in [1.165, 1.54) is 0 Å². The standard InChI is InChI=1S/C36H32N4O4S/c1-2-43-35(42)27-19-21-40(22-20-27)36(45)44-29-16-13-26(14-17-29)34(41)37-28-15-18-30-31(23-28)39-33(25-11-7-4-8-12-25)32(38-30)24-9-5-3-6-10-24/h3-18,23,27H,2,19-22H2,1H3,(H,37,41). The lowest BCUT2D eigenvalue weighted by atomic mass is 9.97. The Morgan fingerprint density at radius 2 is 1.42 bits per heavy atom. The number of anilines is 1. The van der Waals surface area contributed by atoms with Gasteiger partial charge in [0.05, 0.1) is 34.9 Å². The third kappa shape index (κ3) is 6.99. The number of carbonyl (C=O) groups is 2. The Labute approximate surface area is 267 Å². The van der Waals surface area contributed by atoms with E-state index >= 15 is 0 Å². The van der Waals surface area contributed by atoms with Crippen molar-refractivity contribution in [1.29, 1.82) is 0 Å². The number of thiocarbonyl (C=S) groups is 1. The van der Waals surface area contributed by atoms with E-state index < -0.39 is 0 Å². The molecule has 1 saturated heterocycles. The van der Waals surface area contributed by atoms with Crippen LogP contribution < -0.4 is 10.1 Å². The van der Waals surface area contributed by atoms with E-state index in [0.717, 1.165) is 28.0 Å².